The molecular formula is C27H36N9O+. The van der Waals surface area contributed by atoms with Gasteiger partial charge in [-0.3, -0.25) is 15.1 Å². The minimum absolute atomic E-state index is 0.0289. The number of pyridine rings is 1. The first-order valence-corrected chi connectivity index (χ1v) is 13.3. The molecule has 3 aromatic heterocycles. The summed E-state index contributed by atoms with van der Waals surface area (Å²) in [5.41, 5.74) is 1.96. The molecule has 0 spiro atoms. The number of urea groups is 1. The Labute approximate surface area is 217 Å². The van der Waals surface area contributed by atoms with Crippen LogP contribution in [0.3, 0.4) is 0 Å². The molecule has 5 rings (SSSR count). The molecule has 0 aromatic carbocycles. The number of hydrogen-bond donors (Lipinski definition) is 4. The maximum Gasteiger partial charge on any atom is 0.431 e. The Morgan fingerprint density at radius 3 is 2.73 bits per heavy atom. The van der Waals surface area contributed by atoms with Gasteiger partial charge in [0, 0.05) is 48.7 Å². The van der Waals surface area contributed by atoms with Crippen molar-refractivity contribution in [1.82, 2.24) is 35.4 Å². The first-order valence-electron chi connectivity index (χ1n) is 13.3. The Kier molecular flexibility index (Phi) is 7.72. The minimum Gasteiger partial charge on any atom is -0.330 e. The molecule has 0 aliphatic heterocycles. The fourth-order valence-corrected chi connectivity index (χ4v) is 5.70. The molecule has 4 N–H and O–H groups in total. The normalized spacial score (nSPS) is 20.8. The van der Waals surface area contributed by atoms with Crippen molar-refractivity contribution in [2.75, 3.05) is 5.32 Å². The molecule has 2 aliphatic rings. The fourth-order valence-electron chi connectivity index (χ4n) is 5.70. The highest BCUT2D eigenvalue weighted by atomic mass is 16.2. The van der Waals surface area contributed by atoms with Gasteiger partial charge in [0.2, 0.25) is 5.82 Å². The zero-order chi connectivity index (χ0) is 25.6. The Morgan fingerprint density at radius 1 is 1.08 bits per heavy atom. The smallest absolute Gasteiger partial charge is 0.330 e. The Morgan fingerprint density at radius 2 is 1.95 bits per heavy atom. The van der Waals surface area contributed by atoms with E-state index in [9.17, 15) is 4.79 Å². The van der Waals surface area contributed by atoms with E-state index in [0.29, 0.717) is 29.5 Å². The van der Waals surface area contributed by atoms with Crippen LogP contribution in [0.4, 0.5) is 22.4 Å². The summed E-state index contributed by atoms with van der Waals surface area (Å²) in [5, 5.41) is 14.1. The van der Waals surface area contributed by atoms with Crippen molar-refractivity contribution in [2.45, 2.75) is 82.3 Å². The number of nitrogens with one attached hydrogen (secondary N) is 4. The first-order chi connectivity index (χ1) is 18.1. The summed E-state index contributed by atoms with van der Waals surface area (Å²) >= 11 is 0. The van der Waals surface area contributed by atoms with Crippen LogP contribution in [-0.4, -0.2) is 54.9 Å². The van der Waals surface area contributed by atoms with Crippen LogP contribution in [0.15, 0.2) is 42.7 Å². The summed E-state index contributed by atoms with van der Waals surface area (Å²) in [5.74, 6) is 2.12. The van der Waals surface area contributed by atoms with E-state index in [1.165, 1.54) is 19.3 Å². The molecule has 0 radical (unpaired) electrons. The van der Waals surface area contributed by atoms with Crippen molar-refractivity contribution < 1.29 is 9.79 Å². The van der Waals surface area contributed by atoms with Gasteiger partial charge in [0.25, 0.3) is 0 Å². The van der Waals surface area contributed by atoms with E-state index in [1.54, 1.807) is 18.5 Å². The monoisotopic (exact) mass is 502 g/mol. The number of aromatic nitrogens is 5. The van der Waals surface area contributed by atoms with Crippen molar-refractivity contribution in [3.8, 4) is 0 Å². The summed E-state index contributed by atoms with van der Waals surface area (Å²) in [6, 6.07) is 10.0. The van der Waals surface area contributed by atoms with Crippen molar-refractivity contribution in [1.29, 1.82) is 0 Å². The van der Waals surface area contributed by atoms with E-state index in [4.69, 9.17) is 0 Å². The number of H-pyrrole nitrogens is 1. The summed E-state index contributed by atoms with van der Waals surface area (Å²) in [7, 11) is 0. The average molecular weight is 503 g/mol. The highest BCUT2D eigenvalue weighted by Crippen LogP contribution is 2.39. The number of carbonyl (C=O) groups is 1. The number of hydrogen-bond acceptors (Lipinski definition) is 6. The predicted molar refractivity (Wildman–Crippen MR) is 142 cm³/mol. The Bertz CT molecular complexity index is 1190. The number of nitrogens with zero attached hydrogens (tertiary/aromatic N) is 5. The molecule has 2 saturated carbocycles. The number of amides is 2. The van der Waals surface area contributed by atoms with Crippen LogP contribution < -0.4 is 15.6 Å². The van der Waals surface area contributed by atoms with Crippen LogP contribution in [0.25, 0.3) is 0 Å². The second-order valence-electron chi connectivity index (χ2n) is 10.1. The van der Waals surface area contributed by atoms with E-state index in [-0.39, 0.29) is 18.1 Å². The lowest BCUT2D eigenvalue weighted by Gasteiger charge is -2.39. The van der Waals surface area contributed by atoms with E-state index in [1.807, 2.05) is 31.2 Å². The predicted octanol–water partition coefficient (Wildman–Crippen LogP) is 3.49. The molecule has 10 nitrogen and oxygen atoms in total. The molecule has 37 heavy (non-hydrogen) atoms. The van der Waals surface area contributed by atoms with E-state index in [0.717, 1.165) is 43.5 Å². The molecule has 2 fully saturated rings. The van der Waals surface area contributed by atoms with Crippen LogP contribution in [0.5, 0.6) is 0 Å². The molecule has 194 valence electrons. The standard InChI is InChI=1S/C27H35N9O/c1-18(22-10-6-7-14-29-22)31-27(37)36(20-8-4-3-5-9-20)21-12-11-19(16-21)23-17-25(35-34-23)32-24-13-15-30-26(28-2)33-24/h6-7,10,13-15,17-21H,2-5,8-9,11-12,16H2,1H3,(H,31,37)(H2,30,32,33,34,35)/p+1. The summed E-state index contributed by atoms with van der Waals surface area (Å²) in [6.45, 7) is 5.60. The van der Waals surface area contributed by atoms with Crippen molar-refractivity contribution in [3.05, 3.63) is 54.1 Å². The minimum atomic E-state index is -0.140. The summed E-state index contributed by atoms with van der Waals surface area (Å²) in [4.78, 5) is 31.4. The lowest BCUT2D eigenvalue weighted by Crippen LogP contribution is -2.59. The number of carbonyl (C=O) groups excluding carboxylic acids is 1. The topological polar surface area (TPSA) is 126 Å². The summed E-state index contributed by atoms with van der Waals surface area (Å²) in [6.07, 6.45) is 12.1. The van der Waals surface area contributed by atoms with E-state index < -0.39 is 0 Å². The fraction of sp³-hybridized carbons (Fsp3) is 0.481. The molecule has 0 bridgehead atoms. The van der Waals surface area contributed by atoms with Gasteiger partial charge >= 0.3 is 12.0 Å². The van der Waals surface area contributed by atoms with Crippen molar-refractivity contribution in [2.24, 2.45) is 0 Å². The van der Waals surface area contributed by atoms with Gasteiger partial charge < -0.3 is 15.5 Å². The molecular weight excluding hydrogens is 466 g/mol. The van der Waals surface area contributed by atoms with E-state index in [2.05, 4.69) is 52.4 Å². The maximum absolute atomic E-state index is 13.7. The van der Waals surface area contributed by atoms with Crippen LogP contribution in [0.1, 0.15) is 81.6 Å². The van der Waals surface area contributed by atoms with Gasteiger partial charge in [-0.25, -0.2) is 4.79 Å². The summed E-state index contributed by atoms with van der Waals surface area (Å²) < 4.78 is 0. The molecule has 2 aliphatic carbocycles. The molecule has 0 saturated heterocycles. The van der Waals surface area contributed by atoms with Crippen LogP contribution in [0, 0.1) is 0 Å². The third-order valence-corrected chi connectivity index (χ3v) is 7.58. The van der Waals surface area contributed by atoms with Gasteiger partial charge in [0.15, 0.2) is 5.82 Å². The number of rotatable bonds is 8. The highest BCUT2D eigenvalue weighted by molar-refractivity contribution is 5.75. The zero-order valence-electron chi connectivity index (χ0n) is 21.4. The third kappa shape index (κ3) is 5.95. The second kappa shape index (κ2) is 11.5. The van der Waals surface area contributed by atoms with E-state index >= 15 is 0 Å². The zero-order valence-corrected chi connectivity index (χ0v) is 21.4. The largest absolute Gasteiger partial charge is 0.431 e. The average Bonchev–Trinajstić information content (AvgIpc) is 3.60. The number of aromatic amines is 1. The Balaban J connectivity index is 1.26. The molecule has 3 atom stereocenters. The second-order valence-corrected chi connectivity index (χ2v) is 10.1. The lowest BCUT2D eigenvalue weighted by molar-refractivity contribution is -0.352. The molecule has 2 amide bonds. The van der Waals surface area contributed by atoms with Gasteiger partial charge in [0.05, 0.1) is 11.7 Å². The quantitative estimate of drug-likeness (QED) is 0.350. The van der Waals surface area contributed by atoms with Gasteiger partial charge in [0.1, 0.15) is 6.20 Å². The maximum atomic E-state index is 13.7. The van der Waals surface area contributed by atoms with Gasteiger partial charge in [-0.15, -0.1) is 0 Å². The highest BCUT2D eigenvalue weighted by Gasteiger charge is 2.38. The first kappa shape index (κ1) is 24.9. The van der Waals surface area contributed by atoms with Crippen molar-refractivity contribution >= 4 is 30.3 Å². The SMILES string of the molecule is C=[NH+]c1nccc(Nc2cc(C3CCC(N(C(=O)NC(C)c4ccccn4)C4CCCCC4)C3)[nH]n2)n1. The molecule has 3 heterocycles. The molecule has 3 unspecified atom stereocenters. The van der Waals surface area contributed by atoms with Crippen LogP contribution in [-0.2, 0) is 0 Å². The van der Waals surface area contributed by atoms with Gasteiger partial charge in [-0.1, -0.05) is 35.3 Å². The molecule has 3 aromatic rings. The van der Waals surface area contributed by atoms with Crippen LogP contribution >= 0.6 is 0 Å². The Hall–Kier alpha value is -3.82. The van der Waals surface area contributed by atoms with Crippen LogP contribution in [0.2, 0.25) is 0 Å². The van der Waals surface area contributed by atoms with Gasteiger partial charge in [-0.05, 0) is 51.2 Å². The van der Waals surface area contributed by atoms with Crippen molar-refractivity contribution in [3.63, 3.8) is 0 Å². The number of anilines is 2. The third-order valence-electron chi connectivity index (χ3n) is 7.58. The van der Waals surface area contributed by atoms with Gasteiger partial charge in [-0.2, -0.15) is 5.10 Å². The lowest BCUT2D eigenvalue weighted by atomic mass is 9.92. The molecule has 10 heteroatoms.